The molecule has 0 aromatic heterocycles. The molecule has 20 heavy (non-hydrogen) atoms. The van der Waals surface area contributed by atoms with Gasteiger partial charge < -0.3 is 10.2 Å². The highest BCUT2D eigenvalue weighted by molar-refractivity contribution is 5.90. The molecule has 0 saturated carbocycles. The average molecular weight is 279 g/mol. The van der Waals surface area contributed by atoms with Crippen LogP contribution in [-0.2, 0) is 9.59 Å². The van der Waals surface area contributed by atoms with Crippen molar-refractivity contribution >= 4 is 11.8 Å². The lowest BCUT2D eigenvalue weighted by Gasteiger charge is -2.33. The second kappa shape index (κ2) is 5.72. The molecule has 3 aliphatic heterocycles. The van der Waals surface area contributed by atoms with Crippen LogP contribution >= 0.6 is 0 Å². The first-order chi connectivity index (χ1) is 9.70. The molecule has 0 aliphatic carbocycles. The molecule has 3 heterocycles. The summed E-state index contributed by atoms with van der Waals surface area (Å²) in [5.41, 5.74) is 0. The van der Waals surface area contributed by atoms with Crippen molar-refractivity contribution in [3.05, 3.63) is 0 Å². The fourth-order valence-electron chi connectivity index (χ4n) is 4.09. The number of rotatable bonds is 3. The number of fused-ring (bicyclic) bond motifs is 1. The molecule has 3 rings (SSSR count). The first-order valence-corrected chi connectivity index (χ1v) is 8.04. The third-order valence-corrected chi connectivity index (χ3v) is 5.04. The van der Waals surface area contributed by atoms with Gasteiger partial charge in [-0.05, 0) is 32.2 Å². The van der Waals surface area contributed by atoms with E-state index in [1.165, 1.54) is 19.4 Å². The lowest BCUT2D eigenvalue weighted by molar-refractivity contribution is -0.136. The van der Waals surface area contributed by atoms with E-state index in [0.717, 1.165) is 25.8 Å². The van der Waals surface area contributed by atoms with Crippen molar-refractivity contribution in [1.29, 1.82) is 0 Å². The molecule has 0 spiro atoms. The lowest BCUT2D eigenvalue weighted by Crippen LogP contribution is -2.51. The number of nitrogens with one attached hydrogen (secondary N) is 1. The van der Waals surface area contributed by atoms with E-state index in [0.29, 0.717) is 25.0 Å². The molecule has 0 aromatic carbocycles. The summed E-state index contributed by atoms with van der Waals surface area (Å²) in [6, 6.07) is 0.567. The second-order valence-electron chi connectivity index (χ2n) is 6.29. The van der Waals surface area contributed by atoms with Crippen molar-refractivity contribution < 1.29 is 9.59 Å². The molecule has 112 valence electrons. The van der Waals surface area contributed by atoms with E-state index in [4.69, 9.17) is 0 Å². The Morgan fingerprint density at radius 3 is 2.80 bits per heavy atom. The SMILES string of the molecule is CCCC1NC(=O)CCN(C2CCN3CCCC23)C1=O. The highest BCUT2D eigenvalue weighted by Gasteiger charge is 2.43. The van der Waals surface area contributed by atoms with Crippen LogP contribution in [0.2, 0.25) is 0 Å². The second-order valence-corrected chi connectivity index (χ2v) is 6.29. The van der Waals surface area contributed by atoms with Crippen LogP contribution in [0.4, 0.5) is 0 Å². The molecule has 3 unspecified atom stereocenters. The van der Waals surface area contributed by atoms with E-state index in [9.17, 15) is 9.59 Å². The summed E-state index contributed by atoms with van der Waals surface area (Å²) in [5.74, 6) is 0.178. The third kappa shape index (κ3) is 2.43. The smallest absolute Gasteiger partial charge is 0.245 e. The molecular formula is C15H25N3O2. The van der Waals surface area contributed by atoms with Gasteiger partial charge in [-0.3, -0.25) is 14.5 Å². The molecule has 5 nitrogen and oxygen atoms in total. The van der Waals surface area contributed by atoms with E-state index in [-0.39, 0.29) is 17.9 Å². The van der Waals surface area contributed by atoms with Crippen LogP contribution in [0.5, 0.6) is 0 Å². The Morgan fingerprint density at radius 1 is 1.15 bits per heavy atom. The normalized spacial score (nSPS) is 35.0. The van der Waals surface area contributed by atoms with Crippen LogP contribution < -0.4 is 5.32 Å². The molecule has 2 amide bonds. The minimum atomic E-state index is -0.301. The quantitative estimate of drug-likeness (QED) is 0.829. The summed E-state index contributed by atoms with van der Waals surface area (Å²) >= 11 is 0. The highest BCUT2D eigenvalue weighted by atomic mass is 16.2. The number of hydrogen-bond donors (Lipinski definition) is 1. The molecule has 0 bridgehead atoms. The summed E-state index contributed by atoms with van der Waals surface area (Å²) < 4.78 is 0. The van der Waals surface area contributed by atoms with Gasteiger partial charge in [0.15, 0.2) is 0 Å². The van der Waals surface area contributed by atoms with E-state index in [1.807, 2.05) is 4.90 Å². The molecular weight excluding hydrogens is 254 g/mol. The number of carbonyl (C=O) groups excluding carboxylic acids is 2. The van der Waals surface area contributed by atoms with Crippen molar-refractivity contribution in [2.75, 3.05) is 19.6 Å². The van der Waals surface area contributed by atoms with Crippen LogP contribution in [0.1, 0.15) is 45.4 Å². The van der Waals surface area contributed by atoms with Gasteiger partial charge >= 0.3 is 0 Å². The maximum atomic E-state index is 12.7. The summed E-state index contributed by atoms with van der Waals surface area (Å²) in [5, 5.41) is 2.90. The zero-order valence-electron chi connectivity index (χ0n) is 12.3. The summed E-state index contributed by atoms with van der Waals surface area (Å²) in [6.07, 6.45) is 5.65. The van der Waals surface area contributed by atoms with Gasteiger partial charge in [0.05, 0.1) is 0 Å². The van der Waals surface area contributed by atoms with Crippen molar-refractivity contribution in [3.63, 3.8) is 0 Å². The summed E-state index contributed by atoms with van der Waals surface area (Å²) in [6.45, 7) is 4.94. The van der Waals surface area contributed by atoms with Gasteiger partial charge in [-0.15, -0.1) is 0 Å². The summed E-state index contributed by atoms with van der Waals surface area (Å²) in [7, 11) is 0. The van der Waals surface area contributed by atoms with Gasteiger partial charge in [0.1, 0.15) is 6.04 Å². The standard InChI is InChI=1S/C15H25N3O2/c1-2-4-11-15(20)18(10-7-14(19)16-11)13-6-9-17-8-3-5-12(13)17/h11-13H,2-10H2,1H3,(H,16,19). The molecule has 3 atom stereocenters. The molecule has 5 heteroatoms. The van der Waals surface area contributed by atoms with Gasteiger partial charge in [-0.25, -0.2) is 0 Å². The first kappa shape index (κ1) is 13.9. The Balaban J connectivity index is 1.76. The van der Waals surface area contributed by atoms with Crippen molar-refractivity contribution in [2.24, 2.45) is 0 Å². The zero-order valence-corrected chi connectivity index (χ0v) is 12.3. The van der Waals surface area contributed by atoms with Gasteiger partial charge in [0.25, 0.3) is 0 Å². The highest BCUT2D eigenvalue weighted by Crippen LogP contribution is 2.32. The number of amides is 2. The van der Waals surface area contributed by atoms with Crippen LogP contribution in [0.3, 0.4) is 0 Å². The topological polar surface area (TPSA) is 52.7 Å². The molecule has 3 aliphatic rings. The predicted molar refractivity (Wildman–Crippen MR) is 76.2 cm³/mol. The first-order valence-electron chi connectivity index (χ1n) is 8.04. The van der Waals surface area contributed by atoms with Gasteiger partial charge in [0.2, 0.25) is 11.8 Å². The lowest BCUT2D eigenvalue weighted by atomic mass is 10.0. The summed E-state index contributed by atoms with van der Waals surface area (Å²) in [4.78, 5) is 29.1. The molecule has 0 radical (unpaired) electrons. The van der Waals surface area contributed by atoms with Gasteiger partial charge in [-0.2, -0.15) is 0 Å². The van der Waals surface area contributed by atoms with Crippen LogP contribution in [0, 0.1) is 0 Å². The van der Waals surface area contributed by atoms with Crippen molar-refractivity contribution in [1.82, 2.24) is 15.1 Å². The van der Waals surface area contributed by atoms with Crippen LogP contribution in [0.15, 0.2) is 0 Å². The van der Waals surface area contributed by atoms with E-state index >= 15 is 0 Å². The predicted octanol–water partition coefficient (Wildman–Crippen LogP) is 0.740. The Bertz CT molecular complexity index is 399. The Kier molecular flexibility index (Phi) is 3.96. The maximum Gasteiger partial charge on any atom is 0.245 e. The maximum absolute atomic E-state index is 12.7. The van der Waals surface area contributed by atoms with E-state index < -0.39 is 0 Å². The van der Waals surface area contributed by atoms with E-state index in [2.05, 4.69) is 17.1 Å². The Morgan fingerprint density at radius 2 is 2.00 bits per heavy atom. The average Bonchev–Trinajstić information content (AvgIpc) is 2.99. The zero-order chi connectivity index (χ0) is 14.1. The largest absolute Gasteiger partial charge is 0.344 e. The van der Waals surface area contributed by atoms with Crippen LogP contribution in [-0.4, -0.2) is 59.4 Å². The molecule has 0 aromatic rings. The number of nitrogens with zero attached hydrogens (tertiary/aromatic N) is 2. The Hall–Kier alpha value is -1.10. The number of carbonyl (C=O) groups is 2. The van der Waals surface area contributed by atoms with Crippen molar-refractivity contribution in [3.8, 4) is 0 Å². The minimum Gasteiger partial charge on any atom is -0.344 e. The van der Waals surface area contributed by atoms with E-state index in [1.54, 1.807) is 0 Å². The third-order valence-electron chi connectivity index (χ3n) is 5.04. The number of hydrogen-bond acceptors (Lipinski definition) is 3. The minimum absolute atomic E-state index is 0.0283. The molecule has 3 fully saturated rings. The van der Waals surface area contributed by atoms with Crippen molar-refractivity contribution in [2.45, 2.75) is 63.6 Å². The Labute approximate surface area is 120 Å². The fourth-order valence-corrected chi connectivity index (χ4v) is 4.09. The van der Waals surface area contributed by atoms with Gasteiger partial charge in [0, 0.05) is 31.6 Å². The monoisotopic (exact) mass is 279 g/mol. The van der Waals surface area contributed by atoms with Gasteiger partial charge in [-0.1, -0.05) is 13.3 Å². The van der Waals surface area contributed by atoms with Crippen LogP contribution in [0.25, 0.3) is 0 Å². The molecule has 3 saturated heterocycles. The molecule has 1 N–H and O–H groups in total. The fraction of sp³-hybridized carbons (Fsp3) is 0.867.